The van der Waals surface area contributed by atoms with Crippen molar-refractivity contribution in [3.8, 4) is 0 Å². The van der Waals surface area contributed by atoms with Crippen LogP contribution < -0.4 is 5.32 Å². The minimum Gasteiger partial charge on any atom is -0.340 e. The van der Waals surface area contributed by atoms with Gasteiger partial charge in [-0.1, -0.05) is 0 Å². The summed E-state index contributed by atoms with van der Waals surface area (Å²) in [6, 6.07) is 3.94. The van der Waals surface area contributed by atoms with E-state index in [0.717, 1.165) is 54.3 Å². The summed E-state index contributed by atoms with van der Waals surface area (Å²) >= 11 is 1.54. The molecule has 1 fully saturated rings. The zero-order valence-corrected chi connectivity index (χ0v) is 14.8. The summed E-state index contributed by atoms with van der Waals surface area (Å²) in [5.41, 5.74) is 1.79. The Kier molecular flexibility index (Phi) is 4.46. The van der Waals surface area contributed by atoms with Gasteiger partial charge in [0.25, 0.3) is 0 Å². The second-order valence-electron chi connectivity index (χ2n) is 6.38. The number of piperidine rings is 1. The highest BCUT2D eigenvalue weighted by Gasteiger charge is 2.24. The molecule has 2 N–H and O–H groups in total. The van der Waals surface area contributed by atoms with Crippen LogP contribution in [-0.2, 0) is 11.3 Å². The molecule has 0 bridgehead atoms. The number of carbonyl (C=O) groups is 1. The Hall–Kier alpha value is -2.32. The van der Waals surface area contributed by atoms with Gasteiger partial charge in [0.15, 0.2) is 10.8 Å². The third-order valence-electron chi connectivity index (χ3n) is 4.38. The third-order valence-corrected chi connectivity index (χ3v) is 5.28. The van der Waals surface area contributed by atoms with Gasteiger partial charge in [-0.05, 0) is 31.5 Å². The van der Waals surface area contributed by atoms with E-state index < -0.39 is 0 Å². The van der Waals surface area contributed by atoms with Crippen LogP contribution in [0.4, 0.5) is 5.13 Å². The van der Waals surface area contributed by atoms with Gasteiger partial charge in [-0.25, -0.2) is 15.0 Å². The van der Waals surface area contributed by atoms with Crippen molar-refractivity contribution in [1.29, 1.82) is 0 Å². The molecule has 1 saturated heterocycles. The fraction of sp³-hybridized carbons (Fsp3) is 0.412. The number of hydrogen-bond donors (Lipinski definition) is 2. The first-order chi connectivity index (χ1) is 12.2. The van der Waals surface area contributed by atoms with E-state index in [1.54, 1.807) is 6.20 Å². The normalized spacial score (nSPS) is 18.5. The first-order valence-electron chi connectivity index (χ1n) is 8.42. The van der Waals surface area contributed by atoms with Gasteiger partial charge in [0.2, 0.25) is 5.91 Å². The van der Waals surface area contributed by atoms with Crippen LogP contribution in [0.2, 0.25) is 0 Å². The van der Waals surface area contributed by atoms with Gasteiger partial charge >= 0.3 is 0 Å². The highest BCUT2D eigenvalue weighted by Crippen LogP contribution is 2.28. The highest BCUT2D eigenvalue weighted by molar-refractivity contribution is 7.15. The molecule has 130 valence electrons. The van der Waals surface area contributed by atoms with Crippen LogP contribution in [0, 0.1) is 0 Å². The number of amides is 1. The number of H-pyrrole nitrogens is 1. The smallest absolute Gasteiger partial charge is 0.223 e. The van der Waals surface area contributed by atoms with Crippen molar-refractivity contribution in [3.63, 3.8) is 0 Å². The van der Waals surface area contributed by atoms with E-state index >= 15 is 0 Å². The molecule has 25 heavy (non-hydrogen) atoms. The SMILES string of the molecule is CC(=O)Nc1ncc(CN2CCCC(c3nc4ncccc4[nH]3)C2)s1. The molecule has 0 aliphatic carbocycles. The highest BCUT2D eigenvalue weighted by atomic mass is 32.1. The Balaban J connectivity index is 1.43. The quantitative estimate of drug-likeness (QED) is 0.751. The Morgan fingerprint density at radius 1 is 1.48 bits per heavy atom. The maximum atomic E-state index is 11.1. The van der Waals surface area contributed by atoms with Gasteiger partial charge in [0, 0.05) is 43.2 Å². The molecule has 0 saturated carbocycles. The number of aromatic amines is 1. The van der Waals surface area contributed by atoms with Gasteiger partial charge in [0.05, 0.1) is 5.52 Å². The predicted molar refractivity (Wildman–Crippen MR) is 97.6 cm³/mol. The van der Waals surface area contributed by atoms with Crippen molar-refractivity contribution >= 4 is 33.5 Å². The van der Waals surface area contributed by atoms with Crippen LogP contribution >= 0.6 is 11.3 Å². The number of nitrogens with one attached hydrogen (secondary N) is 2. The molecule has 7 nitrogen and oxygen atoms in total. The monoisotopic (exact) mass is 356 g/mol. The van der Waals surface area contributed by atoms with Crippen molar-refractivity contribution in [2.24, 2.45) is 0 Å². The van der Waals surface area contributed by atoms with Gasteiger partial charge in [-0.3, -0.25) is 9.69 Å². The number of pyridine rings is 1. The summed E-state index contributed by atoms with van der Waals surface area (Å²) in [5, 5.41) is 3.41. The van der Waals surface area contributed by atoms with Crippen molar-refractivity contribution in [2.75, 3.05) is 18.4 Å². The average molecular weight is 356 g/mol. The van der Waals surface area contributed by atoms with E-state index in [1.165, 1.54) is 18.3 Å². The van der Waals surface area contributed by atoms with Crippen LogP contribution in [0.25, 0.3) is 11.2 Å². The Labute approximate surface area is 149 Å². The summed E-state index contributed by atoms with van der Waals surface area (Å²) in [6.07, 6.45) is 5.91. The van der Waals surface area contributed by atoms with Crippen molar-refractivity contribution in [2.45, 2.75) is 32.2 Å². The van der Waals surface area contributed by atoms with Crippen molar-refractivity contribution in [1.82, 2.24) is 24.8 Å². The third kappa shape index (κ3) is 3.69. The van der Waals surface area contributed by atoms with Crippen LogP contribution in [0.1, 0.15) is 36.4 Å². The van der Waals surface area contributed by atoms with E-state index in [0.29, 0.717) is 11.0 Å². The number of nitrogens with zero attached hydrogens (tertiary/aromatic N) is 4. The Morgan fingerprint density at radius 2 is 2.40 bits per heavy atom. The predicted octanol–water partition coefficient (Wildman–Crippen LogP) is 2.75. The summed E-state index contributed by atoms with van der Waals surface area (Å²) < 4.78 is 0. The molecule has 3 aromatic rings. The van der Waals surface area contributed by atoms with Crippen molar-refractivity contribution < 1.29 is 4.79 Å². The largest absolute Gasteiger partial charge is 0.340 e. The zero-order valence-electron chi connectivity index (χ0n) is 14.0. The second kappa shape index (κ2) is 6.89. The lowest BCUT2D eigenvalue weighted by atomic mass is 9.97. The Bertz CT molecular complexity index is 855. The molecule has 1 atom stereocenters. The van der Waals surface area contributed by atoms with Gasteiger partial charge in [-0.15, -0.1) is 11.3 Å². The van der Waals surface area contributed by atoms with Gasteiger partial charge < -0.3 is 10.3 Å². The van der Waals surface area contributed by atoms with E-state index in [2.05, 4.69) is 30.2 Å². The zero-order chi connectivity index (χ0) is 17.2. The fourth-order valence-corrected chi connectivity index (χ4v) is 4.19. The molecular formula is C17H20N6OS. The van der Waals surface area contributed by atoms with E-state index in [-0.39, 0.29) is 5.91 Å². The number of aromatic nitrogens is 4. The molecule has 4 heterocycles. The van der Waals surface area contributed by atoms with Crippen LogP contribution in [-0.4, -0.2) is 43.8 Å². The lowest BCUT2D eigenvalue weighted by Gasteiger charge is -2.31. The molecule has 3 aromatic heterocycles. The fourth-order valence-electron chi connectivity index (χ4n) is 3.29. The number of hydrogen-bond acceptors (Lipinski definition) is 6. The molecule has 1 amide bonds. The number of likely N-dealkylation sites (tertiary alicyclic amines) is 1. The molecule has 8 heteroatoms. The number of fused-ring (bicyclic) bond motifs is 1. The number of thiazole rings is 1. The van der Waals surface area contributed by atoms with E-state index in [9.17, 15) is 4.79 Å². The van der Waals surface area contributed by atoms with Crippen LogP contribution in [0.15, 0.2) is 24.5 Å². The molecular weight excluding hydrogens is 336 g/mol. The Morgan fingerprint density at radius 3 is 3.24 bits per heavy atom. The molecule has 4 rings (SSSR count). The minimum absolute atomic E-state index is 0.0857. The standard InChI is InChI=1S/C17H20N6OS/c1-11(24)20-17-19-8-13(25-17)10-23-7-3-4-12(9-23)15-21-14-5-2-6-18-16(14)22-15/h2,5-6,8,12H,3-4,7,9-10H2,1H3,(H,18,21,22)(H,19,20,24). The minimum atomic E-state index is -0.0857. The average Bonchev–Trinajstić information content (AvgIpc) is 3.21. The first kappa shape index (κ1) is 16.2. The number of imidazole rings is 1. The molecule has 0 spiro atoms. The second-order valence-corrected chi connectivity index (χ2v) is 7.50. The van der Waals surface area contributed by atoms with E-state index in [4.69, 9.17) is 0 Å². The molecule has 1 aliphatic heterocycles. The topological polar surface area (TPSA) is 86.8 Å². The van der Waals surface area contributed by atoms with Crippen LogP contribution in [0.5, 0.6) is 0 Å². The number of anilines is 1. The number of rotatable bonds is 4. The molecule has 0 radical (unpaired) electrons. The van der Waals surface area contributed by atoms with Gasteiger partial charge in [0.1, 0.15) is 5.82 Å². The molecule has 0 aromatic carbocycles. The lowest BCUT2D eigenvalue weighted by molar-refractivity contribution is -0.114. The van der Waals surface area contributed by atoms with Gasteiger partial charge in [-0.2, -0.15) is 0 Å². The van der Waals surface area contributed by atoms with E-state index in [1.807, 2.05) is 18.3 Å². The van der Waals surface area contributed by atoms with Crippen LogP contribution in [0.3, 0.4) is 0 Å². The lowest BCUT2D eigenvalue weighted by Crippen LogP contribution is -2.34. The summed E-state index contributed by atoms with van der Waals surface area (Å²) in [5.74, 6) is 1.34. The van der Waals surface area contributed by atoms with Crippen molar-refractivity contribution in [3.05, 3.63) is 35.2 Å². The maximum absolute atomic E-state index is 11.1. The number of carbonyl (C=O) groups excluding carboxylic acids is 1. The summed E-state index contributed by atoms with van der Waals surface area (Å²) in [7, 11) is 0. The summed E-state index contributed by atoms with van der Waals surface area (Å²) in [6.45, 7) is 4.39. The first-order valence-corrected chi connectivity index (χ1v) is 9.24. The maximum Gasteiger partial charge on any atom is 0.223 e. The molecule has 1 aliphatic rings. The summed E-state index contributed by atoms with van der Waals surface area (Å²) in [4.78, 5) is 31.4. The molecule has 1 unspecified atom stereocenters.